The minimum absolute atomic E-state index is 0. The van der Waals surface area contributed by atoms with Gasteiger partial charge in [-0.05, 0) is 30.4 Å². The highest BCUT2D eigenvalue weighted by atomic mass is 35.5. The monoisotopic (exact) mass is 285 g/mol. The average molecular weight is 286 g/mol. The predicted octanol–water partition coefficient (Wildman–Crippen LogP) is 1.94. The van der Waals surface area contributed by atoms with Crippen LogP contribution in [0, 0.1) is 5.92 Å². The number of para-hydroxylation sites is 1. The molecule has 0 aliphatic heterocycles. The van der Waals surface area contributed by atoms with Gasteiger partial charge in [0.15, 0.2) is 0 Å². The van der Waals surface area contributed by atoms with Gasteiger partial charge in [-0.15, -0.1) is 12.4 Å². The van der Waals surface area contributed by atoms with E-state index in [1.54, 1.807) is 0 Å². The second-order valence-corrected chi connectivity index (χ2v) is 4.70. The summed E-state index contributed by atoms with van der Waals surface area (Å²) in [6.45, 7) is 0.754. The Hall–Kier alpha value is -1.26. The zero-order valence-corrected chi connectivity index (χ0v) is 11.8. The van der Waals surface area contributed by atoms with Crippen LogP contribution < -0.4 is 10.5 Å². The first kappa shape index (κ1) is 15.8. The second-order valence-electron chi connectivity index (χ2n) is 4.70. The van der Waals surface area contributed by atoms with E-state index >= 15 is 0 Å². The quantitative estimate of drug-likeness (QED) is 0.812. The van der Waals surface area contributed by atoms with E-state index in [-0.39, 0.29) is 12.4 Å². The molecule has 5 heteroatoms. The Labute approximate surface area is 119 Å². The van der Waals surface area contributed by atoms with Crippen molar-refractivity contribution in [3.8, 4) is 5.75 Å². The lowest BCUT2D eigenvalue weighted by molar-refractivity contribution is -0.142. The van der Waals surface area contributed by atoms with Crippen molar-refractivity contribution >= 4 is 18.4 Å². The maximum absolute atomic E-state index is 11.3. The van der Waals surface area contributed by atoms with Crippen molar-refractivity contribution in [2.45, 2.75) is 25.3 Å². The van der Waals surface area contributed by atoms with Crippen LogP contribution in [0.2, 0.25) is 0 Å². The molecular weight excluding hydrogens is 266 g/mol. The zero-order chi connectivity index (χ0) is 13.0. The van der Waals surface area contributed by atoms with Crippen LogP contribution in [0.5, 0.6) is 5.75 Å². The van der Waals surface area contributed by atoms with E-state index in [4.69, 9.17) is 10.5 Å². The fraction of sp³-hybridized carbons (Fsp3) is 0.500. The van der Waals surface area contributed by atoms with E-state index in [0.29, 0.717) is 12.3 Å². The number of methoxy groups -OCH3 is 1. The predicted molar refractivity (Wildman–Crippen MR) is 75.6 cm³/mol. The minimum Gasteiger partial charge on any atom is -0.493 e. The number of carbonyl (C=O) groups excluding carboxylic acids is 1. The largest absolute Gasteiger partial charge is 0.493 e. The van der Waals surface area contributed by atoms with Gasteiger partial charge in [-0.3, -0.25) is 4.79 Å². The van der Waals surface area contributed by atoms with Gasteiger partial charge >= 0.3 is 5.97 Å². The maximum Gasteiger partial charge on any atom is 0.322 e. The molecule has 4 nitrogen and oxygen atoms in total. The molecule has 1 saturated carbocycles. The van der Waals surface area contributed by atoms with E-state index in [0.717, 1.165) is 17.9 Å². The average Bonchev–Trinajstić information content (AvgIpc) is 3.20. The van der Waals surface area contributed by atoms with Crippen LogP contribution in [0.4, 0.5) is 0 Å². The smallest absolute Gasteiger partial charge is 0.322 e. The van der Waals surface area contributed by atoms with Gasteiger partial charge in [0.05, 0.1) is 13.7 Å². The fourth-order valence-corrected chi connectivity index (χ4v) is 1.78. The van der Waals surface area contributed by atoms with Crippen LogP contribution in [0.15, 0.2) is 24.3 Å². The van der Waals surface area contributed by atoms with Gasteiger partial charge < -0.3 is 15.2 Å². The Kier molecular flexibility index (Phi) is 6.12. The number of nitrogens with two attached hydrogens (primary N) is 1. The molecule has 2 rings (SSSR count). The Bertz CT molecular complexity index is 421. The van der Waals surface area contributed by atoms with Gasteiger partial charge in [0, 0.05) is 6.42 Å². The van der Waals surface area contributed by atoms with E-state index in [2.05, 4.69) is 4.74 Å². The molecule has 1 fully saturated rings. The van der Waals surface area contributed by atoms with Crippen molar-refractivity contribution in [3.05, 3.63) is 29.8 Å². The van der Waals surface area contributed by atoms with Crippen molar-refractivity contribution in [1.29, 1.82) is 0 Å². The van der Waals surface area contributed by atoms with Gasteiger partial charge in [-0.2, -0.15) is 0 Å². The molecule has 1 aliphatic rings. The molecule has 19 heavy (non-hydrogen) atoms. The fourth-order valence-electron chi connectivity index (χ4n) is 1.78. The lowest BCUT2D eigenvalue weighted by atomic mass is 10.1. The van der Waals surface area contributed by atoms with E-state index in [9.17, 15) is 4.79 Å². The number of carbonyl (C=O) groups is 1. The highest BCUT2D eigenvalue weighted by Crippen LogP contribution is 2.30. The minimum atomic E-state index is -0.638. The Morgan fingerprint density at radius 2 is 2.11 bits per heavy atom. The van der Waals surface area contributed by atoms with Crippen LogP contribution in [-0.2, 0) is 16.0 Å². The van der Waals surface area contributed by atoms with Gasteiger partial charge in [-0.25, -0.2) is 0 Å². The lowest BCUT2D eigenvalue weighted by Crippen LogP contribution is -2.33. The third kappa shape index (κ3) is 4.73. The van der Waals surface area contributed by atoms with Gasteiger partial charge in [0.25, 0.3) is 0 Å². The Morgan fingerprint density at radius 3 is 2.74 bits per heavy atom. The first-order chi connectivity index (χ1) is 8.70. The van der Waals surface area contributed by atoms with E-state index in [1.165, 1.54) is 20.0 Å². The van der Waals surface area contributed by atoms with Crippen LogP contribution in [0.25, 0.3) is 0 Å². The molecule has 1 aromatic rings. The molecule has 0 aromatic heterocycles. The summed E-state index contributed by atoms with van der Waals surface area (Å²) in [4.78, 5) is 11.3. The SMILES string of the molecule is COC(=O)[C@@H](N)Cc1ccccc1OCC1CC1.Cl. The van der Waals surface area contributed by atoms with E-state index in [1.807, 2.05) is 24.3 Å². The molecule has 0 radical (unpaired) electrons. The second kappa shape index (κ2) is 7.36. The summed E-state index contributed by atoms with van der Waals surface area (Å²) >= 11 is 0. The molecule has 0 heterocycles. The highest BCUT2D eigenvalue weighted by Gasteiger charge is 2.23. The van der Waals surface area contributed by atoms with Crippen LogP contribution in [0.3, 0.4) is 0 Å². The molecule has 0 spiro atoms. The molecule has 1 atom stereocenters. The Morgan fingerprint density at radius 1 is 1.42 bits per heavy atom. The van der Waals surface area contributed by atoms with E-state index < -0.39 is 12.0 Å². The first-order valence-corrected chi connectivity index (χ1v) is 6.25. The van der Waals surface area contributed by atoms with Crippen molar-refractivity contribution in [2.75, 3.05) is 13.7 Å². The normalized spacial score (nSPS) is 15.3. The molecule has 0 unspecified atom stereocenters. The first-order valence-electron chi connectivity index (χ1n) is 6.25. The third-order valence-electron chi connectivity index (χ3n) is 3.09. The lowest BCUT2D eigenvalue weighted by Gasteiger charge is -2.14. The zero-order valence-electron chi connectivity index (χ0n) is 11.0. The topological polar surface area (TPSA) is 61.5 Å². The van der Waals surface area contributed by atoms with Crippen molar-refractivity contribution in [3.63, 3.8) is 0 Å². The third-order valence-corrected chi connectivity index (χ3v) is 3.09. The van der Waals surface area contributed by atoms with Gasteiger partial charge in [-0.1, -0.05) is 18.2 Å². The summed E-state index contributed by atoms with van der Waals surface area (Å²) in [5, 5.41) is 0. The van der Waals surface area contributed by atoms with Crippen LogP contribution in [-0.4, -0.2) is 25.7 Å². The van der Waals surface area contributed by atoms with Crippen LogP contribution in [0.1, 0.15) is 18.4 Å². The summed E-state index contributed by atoms with van der Waals surface area (Å²) in [5.74, 6) is 1.13. The van der Waals surface area contributed by atoms with Crippen molar-refractivity contribution in [1.82, 2.24) is 0 Å². The van der Waals surface area contributed by atoms with Gasteiger partial charge in [0.1, 0.15) is 11.8 Å². The summed E-state index contributed by atoms with van der Waals surface area (Å²) in [5.41, 5.74) is 6.72. The molecule has 2 N–H and O–H groups in total. The molecule has 0 bridgehead atoms. The summed E-state index contributed by atoms with van der Waals surface area (Å²) in [6.07, 6.45) is 2.95. The molecule has 106 valence electrons. The molecular formula is C14H20ClNO3. The Balaban J connectivity index is 0.00000180. The number of halogens is 1. The molecule has 1 aromatic carbocycles. The molecule has 0 saturated heterocycles. The van der Waals surface area contributed by atoms with Crippen LogP contribution >= 0.6 is 12.4 Å². The standard InChI is InChI=1S/C14H19NO3.ClH/c1-17-14(16)12(15)8-11-4-2-3-5-13(11)18-9-10-6-7-10;/h2-5,10,12H,6-9,15H2,1H3;1H/t12-;/m0./s1. The number of hydrogen-bond donors (Lipinski definition) is 1. The summed E-state index contributed by atoms with van der Waals surface area (Å²) < 4.78 is 10.4. The number of esters is 1. The summed E-state index contributed by atoms with van der Waals surface area (Å²) in [6, 6.07) is 7.06. The number of benzene rings is 1. The number of rotatable bonds is 6. The molecule has 0 amide bonds. The van der Waals surface area contributed by atoms with Crippen molar-refractivity contribution in [2.24, 2.45) is 11.7 Å². The number of ether oxygens (including phenoxy) is 2. The summed E-state index contributed by atoms with van der Waals surface area (Å²) in [7, 11) is 1.34. The maximum atomic E-state index is 11.3. The highest BCUT2D eigenvalue weighted by molar-refractivity contribution is 5.85. The number of hydrogen-bond acceptors (Lipinski definition) is 4. The van der Waals surface area contributed by atoms with Crippen molar-refractivity contribution < 1.29 is 14.3 Å². The molecule has 1 aliphatic carbocycles. The van der Waals surface area contributed by atoms with Gasteiger partial charge in [0.2, 0.25) is 0 Å².